The van der Waals surface area contributed by atoms with Crippen molar-refractivity contribution in [2.75, 3.05) is 39.3 Å². The van der Waals surface area contributed by atoms with Crippen molar-refractivity contribution in [2.24, 2.45) is 23.0 Å². The maximum atomic E-state index is 6.44. The molecule has 0 aromatic rings. The van der Waals surface area contributed by atoms with Crippen LogP contribution in [0.2, 0.25) is 0 Å². The number of nitrogens with zero attached hydrogens (tertiary/aromatic N) is 2. The van der Waals surface area contributed by atoms with Gasteiger partial charge in [-0.3, -0.25) is 0 Å². The molecule has 0 amide bonds. The standard InChI is InChI=1S/C16H31N3/c1-16(2)6-5-14(15(16)17)12-19-9-7-18(8-10-19)11-13-3-4-13/h13-15H,3-12,17H2,1-2H3. The van der Waals surface area contributed by atoms with Gasteiger partial charge in [0.25, 0.3) is 0 Å². The summed E-state index contributed by atoms with van der Waals surface area (Å²) in [5, 5.41) is 0. The molecule has 0 bridgehead atoms. The molecule has 3 fully saturated rings. The van der Waals surface area contributed by atoms with Gasteiger partial charge in [-0.25, -0.2) is 0 Å². The van der Waals surface area contributed by atoms with Gasteiger partial charge in [0.1, 0.15) is 0 Å². The third-order valence-electron chi connectivity index (χ3n) is 5.74. The molecule has 1 saturated heterocycles. The lowest BCUT2D eigenvalue weighted by atomic mass is 9.85. The lowest BCUT2D eigenvalue weighted by molar-refractivity contribution is 0.109. The van der Waals surface area contributed by atoms with E-state index in [0.29, 0.717) is 11.5 Å². The molecule has 110 valence electrons. The van der Waals surface area contributed by atoms with Gasteiger partial charge in [0.2, 0.25) is 0 Å². The molecule has 1 heterocycles. The SMILES string of the molecule is CC1(C)CCC(CN2CCN(CC3CC3)CC2)C1N. The summed E-state index contributed by atoms with van der Waals surface area (Å²) >= 11 is 0. The van der Waals surface area contributed by atoms with Crippen LogP contribution in [0.5, 0.6) is 0 Å². The van der Waals surface area contributed by atoms with Gasteiger partial charge in [0.15, 0.2) is 0 Å². The summed E-state index contributed by atoms with van der Waals surface area (Å²) in [7, 11) is 0. The highest BCUT2D eigenvalue weighted by Crippen LogP contribution is 2.40. The van der Waals surface area contributed by atoms with E-state index in [0.717, 1.165) is 11.8 Å². The van der Waals surface area contributed by atoms with Gasteiger partial charge >= 0.3 is 0 Å². The monoisotopic (exact) mass is 265 g/mol. The second kappa shape index (κ2) is 5.34. The molecular weight excluding hydrogens is 234 g/mol. The fourth-order valence-electron chi connectivity index (χ4n) is 3.90. The number of rotatable bonds is 4. The molecule has 0 aromatic heterocycles. The zero-order valence-corrected chi connectivity index (χ0v) is 12.8. The minimum Gasteiger partial charge on any atom is -0.327 e. The van der Waals surface area contributed by atoms with Crippen molar-refractivity contribution in [3.05, 3.63) is 0 Å². The largest absolute Gasteiger partial charge is 0.327 e. The molecule has 2 atom stereocenters. The van der Waals surface area contributed by atoms with Gasteiger partial charge in [-0.1, -0.05) is 13.8 Å². The smallest absolute Gasteiger partial charge is 0.0131 e. The minimum atomic E-state index is 0.360. The molecule has 1 aliphatic heterocycles. The zero-order chi connectivity index (χ0) is 13.5. The Morgan fingerprint density at radius 1 is 0.947 bits per heavy atom. The molecule has 2 saturated carbocycles. The van der Waals surface area contributed by atoms with Gasteiger partial charge in [0, 0.05) is 45.3 Å². The van der Waals surface area contributed by atoms with Crippen LogP contribution in [0, 0.1) is 17.3 Å². The van der Waals surface area contributed by atoms with Crippen molar-refractivity contribution in [1.82, 2.24) is 9.80 Å². The summed E-state index contributed by atoms with van der Waals surface area (Å²) in [6.07, 6.45) is 5.59. The first-order chi connectivity index (χ1) is 9.04. The van der Waals surface area contributed by atoms with Crippen molar-refractivity contribution >= 4 is 0 Å². The Morgan fingerprint density at radius 2 is 1.53 bits per heavy atom. The predicted octanol–water partition coefficient (Wildman–Crippen LogP) is 1.78. The van der Waals surface area contributed by atoms with Crippen LogP contribution in [0.25, 0.3) is 0 Å². The second-order valence-electron chi connectivity index (χ2n) is 7.86. The molecule has 0 spiro atoms. The van der Waals surface area contributed by atoms with Crippen LogP contribution in [0.15, 0.2) is 0 Å². The number of hydrogen-bond donors (Lipinski definition) is 1. The second-order valence-corrected chi connectivity index (χ2v) is 7.86. The molecule has 3 heteroatoms. The highest BCUT2D eigenvalue weighted by atomic mass is 15.3. The van der Waals surface area contributed by atoms with Crippen LogP contribution in [0.1, 0.15) is 39.5 Å². The molecule has 2 aliphatic carbocycles. The zero-order valence-electron chi connectivity index (χ0n) is 12.8. The summed E-state index contributed by atoms with van der Waals surface area (Å²) in [6, 6.07) is 0.400. The molecule has 19 heavy (non-hydrogen) atoms. The van der Waals surface area contributed by atoms with Gasteiger partial charge < -0.3 is 15.5 Å². The summed E-state index contributed by atoms with van der Waals surface area (Å²) < 4.78 is 0. The van der Waals surface area contributed by atoms with E-state index in [4.69, 9.17) is 5.73 Å². The van der Waals surface area contributed by atoms with E-state index >= 15 is 0 Å². The molecule has 3 nitrogen and oxygen atoms in total. The van der Waals surface area contributed by atoms with Crippen molar-refractivity contribution in [3.63, 3.8) is 0 Å². The van der Waals surface area contributed by atoms with Gasteiger partial charge in [-0.15, -0.1) is 0 Å². The van der Waals surface area contributed by atoms with Crippen LogP contribution < -0.4 is 5.73 Å². The highest BCUT2D eigenvalue weighted by Gasteiger charge is 2.40. The topological polar surface area (TPSA) is 32.5 Å². The van der Waals surface area contributed by atoms with E-state index in [1.165, 1.54) is 65.0 Å². The molecule has 2 unspecified atom stereocenters. The number of piperazine rings is 1. The Bertz CT molecular complexity index is 303. The van der Waals surface area contributed by atoms with Crippen molar-refractivity contribution in [3.8, 4) is 0 Å². The molecular formula is C16H31N3. The highest BCUT2D eigenvalue weighted by molar-refractivity contribution is 4.95. The molecule has 3 aliphatic rings. The third-order valence-corrected chi connectivity index (χ3v) is 5.74. The first kappa shape index (κ1) is 13.8. The predicted molar refractivity (Wildman–Crippen MR) is 80.1 cm³/mol. The normalized spacial score (nSPS) is 36.8. The molecule has 2 N–H and O–H groups in total. The van der Waals surface area contributed by atoms with Crippen molar-refractivity contribution < 1.29 is 0 Å². The van der Waals surface area contributed by atoms with E-state index < -0.39 is 0 Å². The van der Waals surface area contributed by atoms with E-state index in [1.54, 1.807) is 0 Å². The Morgan fingerprint density at radius 3 is 2.00 bits per heavy atom. The van der Waals surface area contributed by atoms with Gasteiger partial charge in [-0.05, 0) is 42.9 Å². The van der Waals surface area contributed by atoms with E-state index in [9.17, 15) is 0 Å². The lowest BCUT2D eigenvalue weighted by Gasteiger charge is -2.37. The average molecular weight is 265 g/mol. The number of nitrogens with two attached hydrogens (primary N) is 1. The van der Waals surface area contributed by atoms with Crippen LogP contribution in [0.3, 0.4) is 0 Å². The number of hydrogen-bond acceptors (Lipinski definition) is 3. The quantitative estimate of drug-likeness (QED) is 0.841. The summed E-state index contributed by atoms with van der Waals surface area (Å²) in [5.74, 6) is 1.76. The molecule has 3 rings (SSSR count). The summed E-state index contributed by atoms with van der Waals surface area (Å²) in [4.78, 5) is 5.34. The molecule has 0 aromatic carbocycles. The Balaban J connectivity index is 1.42. The van der Waals surface area contributed by atoms with Crippen LogP contribution in [-0.4, -0.2) is 55.1 Å². The van der Waals surface area contributed by atoms with Gasteiger partial charge in [-0.2, -0.15) is 0 Å². The maximum Gasteiger partial charge on any atom is 0.0131 e. The van der Waals surface area contributed by atoms with Crippen molar-refractivity contribution in [1.29, 1.82) is 0 Å². The first-order valence-corrected chi connectivity index (χ1v) is 8.25. The maximum absolute atomic E-state index is 6.44. The first-order valence-electron chi connectivity index (χ1n) is 8.25. The average Bonchev–Trinajstić information content (AvgIpc) is 3.15. The van der Waals surface area contributed by atoms with E-state index in [1.807, 2.05) is 0 Å². The Hall–Kier alpha value is -0.120. The van der Waals surface area contributed by atoms with Crippen LogP contribution >= 0.6 is 0 Å². The third kappa shape index (κ3) is 3.32. The lowest BCUT2D eigenvalue weighted by Crippen LogP contribution is -2.50. The minimum absolute atomic E-state index is 0.360. The van der Waals surface area contributed by atoms with E-state index in [-0.39, 0.29) is 0 Å². The Labute approximate surface area is 118 Å². The van der Waals surface area contributed by atoms with E-state index in [2.05, 4.69) is 23.6 Å². The van der Waals surface area contributed by atoms with Gasteiger partial charge in [0.05, 0.1) is 0 Å². The summed E-state index contributed by atoms with van der Waals surface area (Å²) in [6.45, 7) is 12.4. The molecule has 0 radical (unpaired) electrons. The van der Waals surface area contributed by atoms with Crippen LogP contribution in [-0.2, 0) is 0 Å². The van der Waals surface area contributed by atoms with Crippen LogP contribution in [0.4, 0.5) is 0 Å². The fourth-order valence-corrected chi connectivity index (χ4v) is 3.90. The van der Waals surface area contributed by atoms with Crippen molar-refractivity contribution in [2.45, 2.75) is 45.6 Å². The Kier molecular flexibility index (Phi) is 3.89. The summed E-state index contributed by atoms with van der Waals surface area (Å²) in [5.41, 5.74) is 6.80. The fraction of sp³-hybridized carbons (Fsp3) is 1.00.